The Kier molecular flexibility index (Phi) is 3.17. The number of halogens is 2. The van der Waals surface area contributed by atoms with E-state index in [0.29, 0.717) is 5.69 Å². The number of benzene rings is 2. The van der Waals surface area contributed by atoms with Gasteiger partial charge in [-0.1, -0.05) is 24.3 Å². The second-order valence-corrected chi connectivity index (χ2v) is 4.65. The van der Waals surface area contributed by atoms with Crippen LogP contribution in [0.5, 0.6) is 0 Å². The van der Waals surface area contributed by atoms with Crippen LogP contribution in [0.4, 0.5) is 8.78 Å². The van der Waals surface area contributed by atoms with Crippen LogP contribution in [0.3, 0.4) is 0 Å². The van der Waals surface area contributed by atoms with Gasteiger partial charge in [0.2, 0.25) is 0 Å². The van der Waals surface area contributed by atoms with Gasteiger partial charge in [0.1, 0.15) is 17.3 Å². The summed E-state index contributed by atoms with van der Waals surface area (Å²) in [4.78, 5) is 12.2. The molecular weight excluding hydrogens is 274 g/mol. The first-order chi connectivity index (χ1) is 10.1. The minimum atomic E-state index is -0.546. The molecule has 3 rings (SSSR count). The Morgan fingerprint density at radius 1 is 0.810 bits per heavy atom. The highest BCUT2D eigenvalue weighted by molar-refractivity contribution is 5.39. The van der Waals surface area contributed by atoms with Crippen LogP contribution in [0.25, 0.3) is 11.4 Å². The number of nitrogens with zero attached hydrogens (tertiary/aromatic N) is 2. The van der Waals surface area contributed by atoms with E-state index in [2.05, 4.69) is 0 Å². The van der Waals surface area contributed by atoms with Crippen LogP contribution in [0.15, 0.2) is 59.4 Å². The molecular formula is C16H12F2N2O. The van der Waals surface area contributed by atoms with Gasteiger partial charge >= 0.3 is 0 Å². The van der Waals surface area contributed by atoms with Crippen molar-refractivity contribution in [3.63, 3.8) is 0 Å². The van der Waals surface area contributed by atoms with E-state index in [9.17, 15) is 13.6 Å². The molecule has 0 amide bonds. The second-order valence-electron chi connectivity index (χ2n) is 4.65. The van der Waals surface area contributed by atoms with Crippen molar-refractivity contribution < 1.29 is 8.78 Å². The average molecular weight is 286 g/mol. The predicted octanol–water partition coefficient (Wildman–Crippen LogP) is 3.21. The van der Waals surface area contributed by atoms with Crippen molar-refractivity contribution >= 4 is 0 Å². The van der Waals surface area contributed by atoms with Crippen LogP contribution in [-0.2, 0) is 0 Å². The molecule has 1 heterocycles. The molecule has 1 aromatic heterocycles. The van der Waals surface area contributed by atoms with Crippen molar-refractivity contribution in [2.24, 2.45) is 0 Å². The maximum absolute atomic E-state index is 14.0. The summed E-state index contributed by atoms with van der Waals surface area (Å²) in [5.74, 6) is -1.03. The van der Waals surface area contributed by atoms with Gasteiger partial charge in [0, 0.05) is 11.8 Å². The van der Waals surface area contributed by atoms with Gasteiger partial charge in [0.25, 0.3) is 5.56 Å². The molecule has 106 valence electrons. The fourth-order valence-corrected chi connectivity index (χ4v) is 2.33. The molecule has 0 radical (unpaired) electrons. The van der Waals surface area contributed by atoms with Gasteiger partial charge in [-0.3, -0.25) is 4.79 Å². The Bertz CT molecular complexity index is 865. The summed E-state index contributed by atoms with van der Waals surface area (Å²) in [6.45, 7) is 1.67. The summed E-state index contributed by atoms with van der Waals surface area (Å²) in [5.41, 5.74) is 0.383. The molecule has 3 aromatic rings. The van der Waals surface area contributed by atoms with E-state index in [1.807, 2.05) is 0 Å². The van der Waals surface area contributed by atoms with Gasteiger partial charge in [-0.2, -0.15) is 0 Å². The topological polar surface area (TPSA) is 26.9 Å². The standard InChI is InChI=1S/C16H12F2N2O/c1-11-10-16(21)20(15-9-5-3-7-13(15)18)19(11)14-8-4-2-6-12(14)17/h2-10H,1H3. The molecule has 0 aliphatic carbocycles. The lowest BCUT2D eigenvalue weighted by molar-refractivity contribution is 0.570. The normalized spacial score (nSPS) is 10.8. The highest BCUT2D eigenvalue weighted by Gasteiger charge is 2.16. The maximum Gasteiger partial charge on any atom is 0.272 e. The summed E-state index contributed by atoms with van der Waals surface area (Å²) in [6, 6.07) is 13.3. The summed E-state index contributed by atoms with van der Waals surface area (Å²) in [6.07, 6.45) is 0. The zero-order valence-electron chi connectivity index (χ0n) is 11.3. The summed E-state index contributed by atoms with van der Waals surface area (Å²) >= 11 is 0. The first-order valence-corrected chi connectivity index (χ1v) is 6.41. The van der Waals surface area contributed by atoms with Crippen LogP contribution < -0.4 is 5.56 Å². The minimum absolute atomic E-state index is 0.0823. The molecule has 0 saturated heterocycles. The molecule has 0 fully saturated rings. The first kappa shape index (κ1) is 13.3. The van der Waals surface area contributed by atoms with Crippen molar-refractivity contribution in [2.45, 2.75) is 6.92 Å². The molecule has 0 atom stereocenters. The molecule has 0 aliphatic heterocycles. The summed E-state index contributed by atoms with van der Waals surface area (Å²) < 4.78 is 30.5. The van der Waals surface area contributed by atoms with Crippen molar-refractivity contribution in [3.05, 3.63) is 82.3 Å². The second kappa shape index (κ2) is 5.01. The number of aryl methyl sites for hydroxylation is 1. The van der Waals surface area contributed by atoms with E-state index in [4.69, 9.17) is 0 Å². The molecule has 5 heteroatoms. The Labute approximate surface area is 119 Å². The third-order valence-corrected chi connectivity index (χ3v) is 3.24. The zero-order chi connectivity index (χ0) is 15.0. The molecule has 0 saturated carbocycles. The first-order valence-electron chi connectivity index (χ1n) is 6.41. The van der Waals surface area contributed by atoms with Gasteiger partial charge in [-0.15, -0.1) is 0 Å². The van der Waals surface area contributed by atoms with Crippen molar-refractivity contribution in [1.82, 2.24) is 9.36 Å². The minimum Gasteiger partial charge on any atom is -0.267 e. The molecule has 2 aromatic carbocycles. The van der Waals surface area contributed by atoms with Crippen molar-refractivity contribution in [3.8, 4) is 11.4 Å². The number of hydrogen-bond donors (Lipinski definition) is 0. The van der Waals surface area contributed by atoms with E-state index >= 15 is 0 Å². The third kappa shape index (κ3) is 2.16. The Hall–Kier alpha value is -2.69. The van der Waals surface area contributed by atoms with E-state index in [-0.39, 0.29) is 11.4 Å². The molecule has 0 spiro atoms. The van der Waals surface area contributed by atoms with E-state index in [1.165, 1.54) is 35.0 Å². The van der Waals surface area contributed by atoms with Gasteiger partial charge < -0.3 is 0 Å². The number of hydrogen-bond acceptors (Lipinski definition) is 1. The maximum atomic E-state index is 14.0. The quantitative estimate of drug-likeness (QED) is 0.710. The lowest BCUT2D eigenvalue weighted by atomic mass is 10.3. The smallest absolute Gasteiger partial charge is 0.267 e. The van der Waals surface area contributed by atoms with Crippen LogP contribution in [0.2, 0.25) is 0 Å². The molecule has 0 bridgehead atoms. The molecule has 0 unspecified atom stereocenters. The van der Waals surface area contributed by atoms with E-state index in [1.54, 1.807) is 31.2 Å². The third-order valence-electron chi connectivity index (χ3n) is 3.24. The Morgan fingerprint density at radius 3 is 1.81 bits per heavy atom. The predicted molar refractivity (Wildman–Crippen MR) is 76.0 cm³/mol. The monoisotopic (exact) mass is 286 g/mol. The molecule has 0 aliphatic rings. The summed E-state index contributed by atoms with van der Waals surface area (Å²) in [5, 5.41) is 0. The lowest BCUT2D eigenvalue weighted by Gasteiger charge is -2.14. The van der Waals surface area contributed by atoms with E-state index < -0.39 is 17.2 Å². The van der Waals surface area contributed by atoms with Crippen LogP contribution >= 0.6 is 0 Å². The van der Waals surface area contributed by atoms with Crippen LogP contribution in [0.1, 0.15) is 5.69 Å². The summed E-state index contributed by atoms with van der Waals surface area (Å²) in [7, 11) is 0. The van der Waals surface area contributed by atoms with Crippen LogP contribution in [-0.4, -0.2) is 9.36 Å². The Morgan fingerprint density at radius 2 is 1.29 bits per heavy atom. The largest absolute Gasteiger partial charge is 0.272 e. The van der Waals surface area contributed by atoms with Gasteiger partial charge in [-0.05, 0) is 31.2 Å². The Balaban J connectivity index is 2.36. The van der Waals surface area contributed by atoms with E-state index in [0.717, 1.165) is 4.68 Å². The molecule has 0 N–H and O–H groups in total. The number of aromatic nitrogens is 2. The molecule has 21 heavy (non-hydrogen) atoms. The highest BCUT2D eigenvalue weighted by atomic mass is 19.1. The van der Waals surface area contributed by atoms with Crippen molar-refractivity contribution in [2.75, 3.05) is 0 Å². The van der Waals surface area contributed by atoms with Crippen molar-refractivity contribution in [1.29, 1.82) is 0 Å². The van der Waals surface area contributed by atoms with Crippen LogP contribution in [0, 0.1) is 18.6 Å². The highest BCUT2D eigenvalue weighted by Crippen LogP contribution is 2.18. The number of para-hydroxylation sites is 2. The van der Waals surface area contributed by atoms with Gasteiger partial charge in [0.15, 0.2) is 0 Å². The SMILES string of the molecule is Cc1cc(=O)n(-c2ccccc2F)n1-c1ccccc1F. The zero-order valence-corrected chi connectivity index (χ0v) is 11.3. The fourth-order valence-electron chi connectivity index (χ4n) is 2.33. The van der Waals surface area contributed by atoms with Gasteiger partial charge in [0.05, 0.1) is 5.69 Å². The molecule has 3 nitrogen and oxygen atoms in total. The lowest BCUT2D eigenvalue weighted by Crippen LogP contribution is -2.22. The average Bonchev–Trinajstić information content (AvgIpc) is 2.75. The fraction of sp³-hybridized carbons (Fsp3) is 0.0625. The number of rotatable bonds is 2. The van der Waals surface area contributed by atoms with Gasteiger partial charge in [-0.25, -0.2) is 18.1 Å².